The lowest BCUT2D eigenvalue weighted by Gasteiger charge is -2.13. The van der Waals surface area contributed by atoms with E-state index < -0.39 is 0 Å². The minimum absolute atomic E-state index is 0.311. The highest BCUT2D eigenvalue weighted by atomic mass is 35.5. The summed E-state index contributed by atoms with van der Waals surface area (Å²) >= 11 is 5.63. The third kappa shape index (κ3) is 3.45. The fraction of sp³-hybridized carbons (Fsp3) is 0.500. The van der Waals surface area contributed by atoms with Gasteiger partial charge in [0.1, 0.15) is 0 Å². The molecular formula is C8H12ClN3O2. The Bertz CT molecular complexity index is 264. The average Bonchev–Trinajstić information content (AvgIpc) is 2.22. The van der Waals surface area contributed by atoms with Crippen molar-refractivity contribution in [2.75, 3.05) is 26.1 Å². The van der Waals surface area contributed by atoms with E-state index in [4.69, 9.17) is 21.1 Å². The van der Waals surface area contributed by atoms with Crippen LogP contribution in [0, 0.1) is 0 Å². The molecule has 14 heavy (non-hydrogen) atoms. The molecule has 0 saturated heterocycles. The second-order valence-corrected chi connectivity index (χ2v) is 2.94. The van der Waals surface area contributed by atoms with Gasteiger partial charge < -0.3 is 14.8 Å². The van der Waals surface area contributed by atoms with E-state index in [1.165, 1.54) is 12.4 Å². The van der Waals surface area contributed by atoms with E-state index in [-0.39, 0.29) is 6.29 Å². The summed E-state index contributed by atoms with van der Waals surface area (Å²) in [5.74, 6) is 0.494. The lowest BCUT2D eigenvalue weighted by Crippen LogP contribution is -2.24. The van der Waals surface area contributed by atoms with Gasteiger partial charge in [-0.05, 0) is 0 Å². The van der Waals surface area contributed by atoms with Gasteiger partial charge in [-0.15, -0.1) is 0 Å². The predicted molar refractivity (Wildman–Crippen MR) is 53.3 cm³/mol. The van der Waals surface area contributed by atoms with Crippen molar-refractivity contribution < 1.29 is 9.47 Å². The average molecular weight is 218 g/mol. The number of aromatic nitrogens is 2. The normalized spacial score (nSPS) is 10.6. The summed E-state index contributed by atoms with van der Waals surface area (Å²) in [5.41, 5.74) is 0. The Labute approximate surface area is 87.4 Å². The second kappa shape index (κ2) is 5.74. The smallest absolute Gasteiger partial charge is 0.222 e. The maximum absolute atomic E-state index is 5.63. The van der Waals surface area contributed by atoms with Crippen molar-refractivity contribution in [2.45, 2.75) is 6.29 Å². The van der Waals surface area contributed by atoms with Gasteiger partial charge in [0.25, 0.3) is 0 Å². The largest absolute Gasteiger partial charge is 0.354 e. The number of ether oxygens (including phenoxy) is 2. The molecule has 0 amide bonds. The van der Waals surface area contributed by atoms with Crippen molar-refractivity contribution in [3.05, 3.63) is 17.4 Å². The topological polar surface area (TPSA) is 56.3 Å². The molecule has 0 bridgehead atoms. The maximum atomic E-state index is 5.63. The lowest BCUT2D eigenvalue weighted by atomic mass is 10.6. The first kappa shape index (κ1) is 11.2. The molecule has 5 nitrogen and oxygen atoms in total. The van der Waals surface area contributed by atoms with Crippen molar-refractivity contribution in [2.24, 2.45) is 0 Å². The van der Waals surface area contributed by atoms with Gasteiger partial charge in [0.2, 0.25) is 5.95 Å². The molecule has 1 aromatic rings. The lowest BCUT2D eigenvalue weighted by molar-refractivity contribution is -0.0914. The van der Waals surface area contributed by atoms with E-state index in [2.05, 4.69) is 15.3 Å². The van der Waals surface area contributed by atoms with Crippen molar-refractivity contribution in [1.29, 1.82) is 0 Å². The molecule has 0 spiro atoms. The minimum Gasteiger partial charge on any atom is -0.354 e. The van der Waals surface area contributed by atoms with Crippen LogP contribution in [0.15, 0.2) is 12.4 Å². The second-order valence-electron chi connectivity index (χ2n) is 2.51. The van der Waals surface area contributed by atoms with Crippen LogP contribution in [0.1, 0.15) is 0 Å². The Morgan fingerprint density at radius 1 is 1.36 bits per heavy atom. The first-order chi connectivity index (χ1) is 6.76. The van der Waals surface area contributed by atoms with Crippen molar-refractivity contribution in [3.8, 4) is 0 Å². The minimum atomic E-state index is -0.311. The summed E-state index contributed by atoms with van der Waals surface area (Å²) in [6.45, 7) is 0.481. The molecule has 6 heteroatoms. The van der Waals surface area contributed by atoms with Gasteiger partial charge in [0.15, 0.2) is 6.29 Å². The molecule has 0 saturated carbocycles. The molecule has 0 aliphatic rings. The Morgan fingerprint density at radius 2 is 1.93 bits per heavy atom. The number of hydrogen-bond acceptors (Lipinski definition) is 5. The number of nitrogens with one attached hydrogen (secondary N) is 1. The van der Waals surface area contributed by atoms with Gasteiger partial charge in [-0.2, -0.15) is 0 Å². The Morgan fingerprint density at radius 3 is 2.43 bits per heavy atom. The Hall–Kier alpha value is -0.910. The molecule has 1 aromatic heterocycles. The third-order valence-electron chi connectivity index (χ3n) is 1.57. The van der Waals surface area contributed by atoms with Gasteiger partial charge in [-0.25, -0.2) is 9.97 Å². The van der Waals surface area contributed by atoms with E-state index in [0.29, 0.717) is 17.5 Å². The first-order valence-electron chi connectivity index (χ1n) is 4.03. The quantitative estimate of drug-likeness (QED) is 0.751. The van der Waals surface area contributed by atoms with Gasteiger partial charge in [-0.3, -0.25) is 0 Å². The molecule has 1 heterocycles. The molecule has 78 valence electrons. The number of rotatable bonds is 5. The third-order valence-corrected chi connectivity index (χ3v) is 1.77. The van der Waals surface area contributed by atoms with Gasteiger partial charge in [0, 0.05) is 14.2 Å². The van der Waals surface area contributed by atoms with Gasteiger partial charge in [0.05, 0.1) is 24.0 Å². The summed E-state index contributed by atoms with van der Waals surface area (Å²) in [4.78, 5) is 7.91. The van der Waals surface area contributed by atoms with Crippen LogP contribution in [0.2, 0.25) is 5.02 Å². The molecule has 1 N–H and O–H groups in total. The number of nitrogens with zero attached hydrogens (tertiary/aromatic N) is 2. The van der Waals surface area contributed by atoms with Crippen LogP contribution >= 0.6 is 11.6 Å². The summed E-state index contributed by atoms with van der Waals surface area (Å²) in [7, 11) is 3.14. The monoisotopic (exact) mass is 217 g/mol. The molecule has 0 unspecified atom stereocenters. The zero-order valence-corrected chi connectivity index (χ0v) is 8.78. The van der Waals surface area contributed by atoms with Crippen LogP contribution in [0.25, 0.3) is 0 Å². The van der Waals surface area contributed by atoms with Crippen LogP contribution < -0.4 is 5.32 Å². The van der Waals surface area contributed by atoms with E-state index >= 15 is 0 Å². The van der Waals surface area contributed by atoms with Crippen molar-refractivity contribution in [1.82, 2.24) is 9.97 Å². The molecule has 0 fully saturated rings. The summed E-state index contributed by atoms with van der Waals surface area (Å²) in [5, 5.41) is 3.45. The van der Waals surface area contributed by atoms with Crippen molar-refractivity contribution >= 4 is 17.5 Å². The van der Waals surface area contributed by atoms with Crippen LogP contribution in [0.3, 0.4) is 0 Å². The molecule has 0 atom stereocenters. The summed E-state index contributed by atoms with van der Waals surface area (Å²) < 4.78 is 9.96. The van der Waals surface area contributed by atoms with Crippen LogP contribution in [-0.4, -0.2) is 37.0 Å². The molecule has 1 rings (SSSR count). The first-order valence-corrected chi connectivity index (χ1v) is 4.41. The molecule has 0 radical (unpaired) electrons. The highest BCUT2D eigenvalue weighted by Gasteiger charge is 2.04. The number of hydrogen-bond donors (Lipinski definition) is 1. The van der Waals surface area contributed by atoms with E-state index in [1.54, 1.807) is 14.2 Å². The number of halogens is 1. The predicted octanol–water partition coefficient (Wildman–Crippen LogP) is 1.16. The van der Waals surface area contributed by atoms with Gasteiger partial charge in [-0.1, -0.05) is 11.6 Å². The summed E-state index contributed by atoms with van der Waals surface area (Å²) in [6, 6.07) is 0. The standard InChI is InChI=1S/C8H12ClN3O2/c1-13-7(14-2)5-12-8-10-3-6(9)4-11-8/h3-4,7H,5H2,1-2H3,(H,10,11,12). The van der Waals surface area contributed by atoms with Crippen molar-refractivity contribution in [3.63, 3.8) is 0 Å². The van der Waals surface area contributed by atoms with Gasteiger partial charge >= 0.3 is 0 Å². The number of anilines is 1. The zero-order valence-electron chi connectivity index (χ0n) is 8.03. The zero-order chi connectivity index (χ0) is 10.4. The summed E-state index contributed by atoms with van der Waals surface area (Å²) in [6.07, 6.45) is 2.73. The maximum Gasteiger partial charge on any atom is 0.222 e. The van der Waals surface area contributed by atoms with E-state index in [0.717, 1.165) is 0 Å². The van der Waals surface area contributed by atoms with Crippen LogP contribution in [-0.2, 0) is 9.47 Å². The molecule has 0 aliphatic heterocycles. The molecule has 0 aliphatic carbocycles. The SMILES string of the molecule is COC(CNc1ncc(Cl)cn1)OC. The molecular weight excluding hydrogens is 206 g/mol. The van der Waals surface area contributed by atoms with Crippen LogP contribution in [0.4, 0.5) is 5.95 Å². The fourth-order valence-electron chi connectivity index (χ4n) is 0.841. The highest BCUT2D eigenvalue weighted by Crippen LogP contribution is 2.05. The Kier molecular flexibility index (Phi) is 4.58. The van der Waals surface area contributed by atoms with E-state index in [9.17, 15) is 0 Å². The molecule has 0 aromatic carbocycles. The fourth-order valence-corrected chi connectivity index (χ4v) is 0.939. The highest BCUT2D eigenvalue weighted by molar-refractivity contribution is 6.30. The number of methoxy groups -OCH3 is 2. The van der Waals surface area contributed by atoms with E-state index in [1.807, 2.05) is 0 Å². The van der Waals surface area contributed by atoms with Crippen LogP contribution in [0.5, 0.6) is 0 Å². The Balaban J connectivity index is 2.41.